The van der Waals surface area contributed by atoms with Crippen LogP contribution in [-0.2, 0) is 0 Å². The van der Waals surface area contributed by atoms with Crippen molar-refractivity contribution in [3.8, 4) is 0 Å². The first kappa shape index (κ1) is 7.94. The Morgan fingerprint density at radius 2 is 1.70 bits per heavy atom. The van der Waals surface area contributed by atoms with Gasteiger partial charge in [-0.15, -0.1) is 0 Å². The SMILES string of the molecule is OCCN1CCN(O)CC1. The molecule has 0 atom stereocenters. The van der Waals surface area contributed by atoms with Gasteiger partial charge in [-0.2, -0.15) is 5.06 Å². The summed E-state index contributed by atoms with van der Waals surface area (Å²) in [7, 11) is 0. The lowest BCUT2D eigenvalue weighted by Gasteiger charge is -2.30. The van der Waals surface area contributed by atoms with E-state index in [4.69, 9.17) is 10.3 Å². The molecule has 0 aromatic heterocycles. The van der Waals surface area contributed by atoms with E-state index in [1.54, 1.807) is 0 Å². The fourth-order valence-corrected chi connectivity index (χ4v) is 1.10. The highest BCUT2D eigenvalue weighted by molar-refractivity contribution is 4.65. The van der Waals surface area contributed by atoms with Gasteiger partial charge < -0.3 is 10.3 Å². The summed E-state index contributed by atoms with van der Waals surface area (Å²) in [6.07, 6.45) is 0. The van der Waals surface area contributed by atoms with Gasteiger partial charge >= 0.3 is 0 Å². The maximum atomic E-state index is 8.94. The molecule has 0 spiro atoms. The molecule has 0 saturated carbocycles. The minimum atomic E-state index is 0.214. The zero-order valence-electron chi connectivity index (χ0n) is 6.03. The van der Waals surface area contributed by atoms with Crippen LogP contribution in [0.1, 0.15) is 0 Å². The van der Waals surface area contributed by atoms with Crippen molar-refractivity contribution in [2.45, 2.75) is 0 Å². The second-order valence-electron chi connectivity index (χ2n) is 2.52. The van der Waals surface area contributed by atoms with Gasteiger partial charge in [0.15, 0.2) is 0 Å². The summed E-state index contributed by atoms with van der Waals surface area (Å²) in [5.41, 5.74) is 0. The van der Waals surface area contributed by atoms with Crippen LogP contribution in [0.25, 0.3) is 0 Å². The number of hydrogen-bond donors (Lipinski definition) is 2. The average molecular weight is 146 g/mol. The quantitative estimate of drug-likeness (QED) is 0.524. The molecule has 1 heterocycles. The Morgan fingerprint density at radius 3 is 2.20 bits per heavy atom. The lowest BCUT2D eigenvalue weighted by molar-refractivity contribution is -0.118. The van der Waals surface area contributed by atoms with Crippen molar-refractivity contribution >= 4 is 0 Å². The van der Waals surface area contributed by atoms with Crippen molar-refractivity contribution < 1.29 is 10.3 Å². The van der Waals surface area contributed by atoms with Crippen LogP contribution in [0.3, 0.4) is 0 Å². The van der Waals surface area contributed by atoms with E-state index in [-0.39, 0.29) is 6.61 Å². The van der Waals surface area contributed by atoms with Gasteiger partial charge in [0.2, 0.25) is 0 Å². The fraction of sp³-hybridized carbons (Fsp3) is 1.00. The van der Waals surface area contributed by atoms with Gasteiger partial charge in [0.05, 0.1) is 6.61 Å². The molecule has 1 aliphatic rings. The molecule has 0 aromatic carbocycles. The molecule has 1 fully saturated rings. The molecule has 0 aliphatic carbocycles. The topological polar surface area (TPSA) is 46.9 Å². The highest BCUT2D eigenvalue weighted by Crippen LogP contribution is 1.96. The summed E-state index contributed by atoms with van der Waals surface area (Å²) < 4.78 is 0. The minimum Gasteiger partial charge on any atom is -0.395 e. The zero-order valence-corrected chi connectivity index (χ0v) is 6.03. The number of piperazine rings is 1. The number of rotatable bonds is 2. The molecule has 1 saturated heterocycles. The molecule has 4 heteroatoms. The average Bonchev–Trinajstić information content (AvgIpc) is 1.95. The monoisotopic (exact) mass is 146 g/mol. The van der Waals surface area contributed by atoms with E-state index in [1.807, 2.05) is 0 Å². The van der Waals surface area contributed by atoms with Crippen LogP contribution in [0.15, 0.2) is 0 Å². The van der Waals surface area contributed by atoms with Gasteiger partial charge in [0, 0.05) is 32.7 Å². The Morgan fingerprint density at radius 1 is 1.10 bits per heavy atom. The lowest BCUT2D eigenvalue weighted by atomic mass is 10.3. The van der Waals surface area contributed by atoms with Crippen LogP contribution in [0.2, 0.25) is 0 Å². The van der Waals surface area contributed by atoms with E-state index in [1.165, 1.54) is 5.06 Å². The van der Waals surface area contributed by atoms with Crippen LogP contribution in [0.5, 0.6) is 0 Å². The number of hydroxylamine groups is 2. The van der Waals surface area contributed by atoms with E-state index in [0.29, 0.717) is 13.1 Å². The molecule has 0 unspecified atom stereocenters. The molecule has 0 radical (unpaired) electrons. The van der Waals surface area contributed by atoms with Crippen molar-refractivity contribution in [1.82, 2.24) is 9.96 Å². The molecule has 4 nitrogen and oxygen atoms in total. The van der Waals surface area contributed by atoms with Gasteiger partial charge in [0.25, 0.3) is 0 Å². The van der Waals surface area contributed by atoms with Crippen molar-refractivity contribution in [3.63, 3.8) is 0 Å². The van der Waals surface area contributed by atoms with Crippen molar-refractivity contribution in [1.29, 1.82) is 0 Å². The van der Waals surface area contributed by atoms with Crippen LogP contribution < -0.4 is 0 Å². The number of nitrogens with zero attached hydrogens (tertiary/aromatic N) is 2. The number of β-amino-alcohol motifs (C(OH)–C–C–N with tert-alkyl or cyclic N) is 1. The Kier molecular flexibility index (Phi) is 3.08. The Balaban J connectivity index is 2.13. The molecule has 10 heavy (non-hydrogen) atoms. The van der Waals surface area contributed by atoms with Crippen molar-refractivity contribution in [3.05, 3.63) is 0 Å². The summed E-state index contributed by atoms with van der Waals surface area (Å²) in [4.78, 5) is 2.13. The van der Waals surface area contributed by atoms with Crippen LogP contribution in [-0.4, -0.2) is 59.6 Å². The second-order valence-corrected chi connectivity index (χ2v) is 2.52. The Hall–Kier alpha value is -0.160. The molecule has 0 aromatic rings. The van der Waals surface area contributed by atoms with E-state index in [2.05, 4.69) is 4.90 Å². The van der Waals surface area contributed by atoms with Gasteiger partial charge in [-0.1, -0.05) is 0 Å². The van der Waals surface area contributed by atoms with Crippen molar-refractivity contribution in [2.75, 3.05) is 39.3 Å². The fourth-order valence-electron chi connectivity index (χ4n) is 1.10. The highest BCUT2D eigenvalue weighted by Gasteiger charge is 2.13. The van der Waals surface area contributed by atoms with E-state index < -0.39 is 0 Å². The van der Waals surface area contributed by atoms with Gasteiger partial charge in [-0.25, -0.2) is 0 Å². The highest BCUT2D eigenvalue weighted by atomic mass is 16.5. The second kappa shape index (κ2) is 3.88. The molecular formula is C6H14N2O2. The molecule has 1 aliphatic heterocycles. The third kappa shape index (κ3) is 2.22. The van der Waals surface area contributed by atoms with Crippen LogP contribution >= 0.6 is 0 Å². The smallest absolute Gasteiger partial charge is 0.0558 e. The first-order valence-electron chi connectivity index (χ1n) is 3.60. The first-order chi connectivity index (χ1) is 4.83. The summed E-state index contributed by atoms with van der Waals surface area (Å²) in [5.74, 6) is 0. The molecule has 60 valence electrons. The molecular weight excluding hydrogens is 132 g/mol. The predicted molar refractivity (Wildman–Crippen MR) is 36.9 cm³/mol. The third-order valence-electron chi connectivity index (χ3n) is 1.76. The number of hydrogen-bond acceptors (Lipinski definition) is 4. The largest absolute Gasteiger partial charge is 0.395 e. The summed E-state index contributed by atoms with van der Waals surface area (Å²) in [6.45, 7) is 4.05. The zero-order chi connectivity index (χ0) is 7.40. The third-order valence-corrected chi connectivity index (χ3v) is 1.76. The van der Waals surface area contributed by atoms with Crippen molar-refractivity contribution in [2.24, 2.45) is 0 Å². The summed E-state index contributed by atoms with van der Waals surface area (Å²) >= 11 is 0. The van der Waals surface area contributed by atoms with Gasteiger partial charge in [-0.05, 0) is 0 Å². The maximum absolute atomic E-state index is 8.94. The summed E-state index contributed by atoms with van der Waals surface area (Å²) in [5, 5.41) is 18.8. The molecule has 0 amide bonds. The van der Waals surface area contributed by atoms with Crippen LogP contribution in [0, 0.1) is 0 Å². The van der Waals surface area contributed by atoms with Gasteiger partial charge in [-0.3, -0.25) is 4.90 Å². The summed E-state index contributed by atoms with van der Waals surface area (Å²) in [6, 6.07) is 0. The standard InChI is InChI=1S/C6H14N2O2/c9-6-5-7-1-3-8(10)4-2-7/h9-10H,1-6H2. The molecule has 2 N–H and O–H groups in total. The Labute approximate surface area is 60.6 Å². The Bertz CT molecular complexity index is 91.7. The van der Waals surface area contributed by atoms with E-state index in [0.717, 1.165) is 19.6 Å². The predicted octanol–water partition coefficient (Wildman–Crippen LogP) is -1.01. The number of aliphatic hydroxyl groups is 1. The normalized spacial score (nSPS) is 23.4. The molecule has 1 rings (SSSR count). The van der Waals surface area contributed by atoms with E-state index >= 15 is 0 Å². The maximum Gasteiger partial charge on any atom is 0.0558 e. The van der Waals surface area contributed by atoms with Crippen LogP contribution in [0.4, 0.5) is 0 Å². The van der Waals surface area contributed by atoms with Gasteiger partial charge in [0.1, 0.15) is 0 Å². The lowest BCUT2D eigenvalue weighted by Crippen LogP contribution is -2.45. The number of aliphatic hydroxyl groups excluding tert-OH is 1. The molecule has 0 bridgehead atoms. The van der Waals surface area contributed by atoms with E-state index in [9.17, 15) is 0 Å². The minimum absolute atomic E-state index is 0.214. The first-order valence-corrected chi connectivity index (χ1v) is 3.60.